The van der Waals surface area contributed by atoms with Gasteiger partial charge in [0, 0.05) is 0 Å². The monoisotopic (exact) mass is 272 g/mol. The predicted molar refractivity (Wildman–Crippen MR) is 77.4 cm³/mol. The minimum atomic E-state index is 0.0393. The number of benzene rings is 1. The van der Waals surface area contributed by atoms with Crippen molar-refractivity contribution in [2.75, 3.05) is 0 Å². The van der Waals surface area contributed by atoms with Crippen LogP contribution in [0.1, 0.15) is 5.69 Å². The highest BCUT2D eigenvalue weighted by atomic mass is 32.1. The van der Waals surface area contributed by atoms with Crippen molar-refractivity contribution < 1.29 is 0 Å². The number of aromatic amines is 1. The fourth-order valence-corrected chi connectivity index (χ4v) is 2.60. The summed E-state index contributed by atoms with van der Waals surface area (Å²) >= 11 is 1.56. The Balaban J connectivity index is 2.11. The van der Waals surface area contributed by atoms with E-state index in [1.807, 2.05) is 30.6 Å². The molecule has 5 N–H and O–H groups in total. The molecule has 3 aromatic rings. The maximum absolute atomic E-state index is 5.37. The Labute approximate surface area is 113 Å². The molecule has 0 aliphatic heterocycles. The Morgan fingerprint density at radius 3 is 2.89 bits per heavy atom. The van der Waals surface area contributed by atoms with E-state index in [2.05, 4.69) is 19.9 Å². The molecule has 0 unspecified atom stereocenters. The van der Waals surface area contributed by atoms with Crippen molar-refractivity contribution in [2.24, 2.45) is 16.5 Å². The largest absolute Gasteiger partial charge is 0.370 e. The van der Waals surface area contributed by atoms with Crippen molar-refractivity contribution in [3.8, 4) is 10.7 Å². The fraction of sp³-hybridized carbons (Fsp3) is 0.0833. The molecule has 2 heterocycles. The number of hydrogen-bond donors (Lipinski definition) is 3. The van der Waals surface area contributed by atoms with Gasteiger partial charge in [0.25, 0.3) is 0 Å². The number of nitrogens with zero attached hydrogens (tertiary/aromatic N) is 3. The molecule has 3 rings (SSSR count). The van der Waals surface area contributed by atoms with Gasteiger partial charge in [-0.2, -0.15) is 0 Å². The van der Waals surface area contributed by atoms with Crippen molar-refractivity contribution in [1.29, 1.82) is 0 Å². The number of nitrogens with two attached hydrogens (primary N) is 2. The molecule has 0 saturated heterocycles. The number of thiazole rings is 1. The maximum Gasteiger partial charge on any atom is 0.191 e. The first-order valence-electron chi connectivity index (χ1n) is 5.63. The zero-order valence-electron chi connectivity index (χ0n) is 10.2. The minimum Gasteiger partial charge on any atom is -0.370 e. The van der Waals surface area contributed by atoms with Crippen LogP contribution in [0.5, 0.6) is 0 Å². The molecule has 0 atom stereocenters. The summed E-state index contributed by atoms with van der Waals surface area (Å²) in [6.07, 6.45) is 0. The first-order chi connectivity index (χ1) is 9.13. The van der Waals surface area contributed by atoms with Crippen LogP contribution in [0.4, 0.5) is 5.69 Å². The number of guanidine groups is 1. The fourth-order valence-electron chi connectivity index (χ4n) is 1.85. The molecule has 0 aliphatic carbocycles. The van der Waals surface area contributed by atoms with Crippen molar-refractivity contribution >= 4 is 34.0 Å². The van der Waals surface area contributed by atoms with Crippen molar-refractivity contribution in [3.05, 3.63) is 29.4 Å². The molecule has 7 heteroatoms. The van der Waals surface area contributed by atoms with Gasteiger partial charge in [-0.1, -0.05) is 0 Å². The number of fused-ring (bicyclic) bond motifs is 1. The Bertz CT molecular complexity index is 765. The summed E-state index contributed by atoms with van der Waals surface area (Å²) in [5.41, 5.74) is 16.0. The molecule has 0 radical (unpaired) electrons. The van der Waals surface area contributed by atoms with Crippen LogP contribution >= 0.6 is 11.3 Å². The molecular formula is C12H12N6S. The molecule has 1 aromatic carbocycles. The first-order valence-corrected chi connectivity index (χ1v) is 6.51. The summed E-state index contributed by atoms with van der Waals surface area (Å²) in [5.74, 6) is 0.856. The van der Waals surface area contributed by atoms with Crippen molar-refractivity contribution in [2.45, 2.75) is 6.92 Å². The number of hydrogen-bond acceptors (Lipinski definition) is 4. The number of aromatic nitrogens is 3. The minimum absolute atomic E-state index is 0.0393. The highest BCUT2D eigenvalue weighted by Gasteiger charge is 2.10. The van der Waals surface area contributed by atoms with Crippen LogP contribution in [0.15, 0.2) is 28.7 Å². The lowest BCUT2D eigenvalue weighted by Crippen LogP contribution is -2.21. The Kier molecular flexibility index (Phi) is 2.68. The highest BCUT2D eigenvalue weighted by molar-refractivity contribution is 7.13. The molecule has 0 bridgehead atoms. The van der Waals surface area contributed by atoms with E-state index in [1.54, 1.807) is 11.3 Å². The van der Waals surface area contributed by atoms with Gasteiger partial charge in [0.15, 0.2) is 11.8 Å². The summed E-state index contributed by atoms with van der Waals surface area (Å²) in [6, 6.07) is 5.57. The molecule has 0 fully saturated rings. The lowest BCUT2D eigenvalue weighted by atomic mass is 10.3. The maximum atomic E-state index is 5.37. The third-order valence-corrected chi connectivity index (χ3v) is 3.62. The normalized spacial score (nSPS) is 10.8. The molecule has 0 amide bonds. The van der Waals surface area contributed by atoms with Crippen LogP contribution < -0.4 is 11.5 Å². The van der Waals surface area contributed by atoms with Crippen LogP contribution in [-0.4, -0.2) is 20.9 Å². The van der Waals surface area contributed by atoms with Crippen LogP contribution in [0.2, 0.25) is 0 Å². The number of imidazole rings is 1. The summed E-state index contributed by atoms with van der Waals surface area (Å²) in [7, 11) is 0. The first kappa shape index (κ1) is 11.7. The zero-order chi connectivity index (χ0) is 13.4. The number of rotatable bonds is 2. The quantitative estimate of drug-likeness (QED) is 0.489. The van der Waals surface area contributed by atoms with Gasteiger partial charge < -0.3 is 16.5 Å². The average Bonchev–Trinajstić information content (AvgIpc) is 2.93. The van der Waals surface area contributed by atoms with Gasteiger partial charge in [0.2, 0.25) is 0 Å². The number of aliphatic imine (C=N–C) groups is 1. The van der Waals surface area contributed by atoms with Gasteiger partial charge in [-0.05, 0) is 25.1 Å². The van der Waals surface area contributed by atoms with Gasteiger partial charge in [-0.3, -0.25) is 0 Å². The number of H-pyrrole nitrogens is 1. The summed E-state index contributed by atoms with van der Waals surface area (Å²) < 4.78 is 0. The third kappa shape index (κ3) is 2.15. The topological polar surface area (TPSA) is 106 Å². The van der Waals surface area contributed by atoms with Gasteiger partial charge in [-0.15, -0.1) is 11.3 Å². The van der Waals surface area contributed by atoms with Crippen molar-refractivity contribution in [1.82, 2.24) is 15.0 Å². The number of nitrogens with one attached hydrogen (secondary N) is 1. The van der Waals surface area contributed by atoms with Gasteiger partial charge in [0.1, 0.15) is 0 Å². The van der Waals surface area contributed by atoms with Crippen LogP contribution in [0, 0.1) is 6.92 Å². The van der Waals surface area contributed by atoms with E-state index >= 15 is 0 Å². The van der Waals surface area contributed by atoms with Crippen LogP contribution in [0.3, 0.4) is 0 Å². The SMILES string of the molecule is Cc1ncsc1-c1nc2ccc(N=C(N)N)cc2[nH]1. The smallest absolute Gasteiger partial charge is 0.191 e. The van der Waals surface area contributed by atoms with E-state index in [-0.39, 0.29) is 5.96 Å². The van der Waals surface area contributed by atoms with E-state index in [4.69, 9.17) is 11.5 Å². The second-order valence-corrected chi connectivity index (χ2v) is 4.95. The van der Waals surface area contributed by atoms with Gasteiger partial charge >= 0.3 is 0 Å². The summed E-state index contributed by atoms with van der Waals surface area (Å²) in [5, 5.41) is 0. The van der Waals surface area contributed by atoms with E-state index in [0.29, 0.717) is 5.69 Å². The number of aryl methyl sites for hydroxylation is 1. The molecule has 19 heavy (non-hydrogen) atoms. The molecule has 2 aromatic heterocycles. The second kappa shape index (κ2) is 4.36. The van der Waals surface area contributed by atoms with Crippen molar-refractivity contribution in [3.63, 3.8) is 0 Å². The Morgan fingerprint density at radius 1 is 1.37 bits per heavy atom. The summed E-state index contributed by atoms with van der Waals surface area (Å²) in [6.45, 7) is 1.96. The molecule has 0 aliphatic rings. The lowest BCUT2D eigenvalue weighted by Gasteiger charge is -1.94. The Hall–Kier alpha value is -2.41. The third-order valence-electron chi connectivity index (χ3n) is 2.68. The van der Waals surface area contributed by atoms with E-state index in [0.717, 1.165) is 27.4 Å². The van der Waals surface area contributed by atoms with E-state index < -0.39 is 0 Å². The molecule has 96 valence electrons. The lowest BCUT2D eigenvalue weighted by molar-refractivity contribution is 1.24. The molecule has 6 nitrogen and oxygen atoms in total. The predicted octanol–water partition coefficient (Wildman–Crippen LogP) is 1.90. The van der Waals surface area contributed by atoms with Crippen LogP contribution in [0.25, 0.3) is 21.7 Å². The van der Waals surface area contributed by atoms with Crippen LogP contribution in [-0.2, 0) is 0 Å². The van der Waals surface area contributed by atoms with E-state index in [9.17, 15) is 0 Å². The average molecular weight is 272 g/mol. The standard InChI is InChI=1S/C12H12N6S/c1-6-10(19-5-15-6)11-17-8-3-2-7(16-12(13)14)4-9(8)18-11/h2-5H,1H3,(H,17,18)(H4,13,14,16). The Morgan fingerprint density at radius 2 is 2.21 bits per heavy atom. The molecular weight excluding hydrogens is 260 g/mol. The zero-order valence-corrected chi connectivity index (χ0v) is 11.0. The second-order valence-electron chi connectivity index (χ2n) is 4.09. The molecule has 0 saturated carbocycles. The van der Waals surface area contributed by atoms with E-state index in [1.165, 1.54) is 0 Å². The van der Waals surface area contributed by atoms with Gasteiger partial charge in [0.05, 0.1) is 32.8 Å². The van der Waals surface area contributed by atoms with Gasteiger partial charge in [-0.25, -0.2) is 15.0 Å². The summed E-state index contributed by atoms with van der Waals surface area (Å²) in [4.78, 5) is 17.1. The molecule has 0 spiro atoms. The highest BCUT2D eigenvalue weighted by Crippen LogP contribution is 2.28.